The summed E-state index contributed by atoms with van der Waals surface area (Å²) in [4.78, 5) is 7.60. The number of nitrogens with zero attached hydrogens (tertiary/aromatic N) is 2. The second-order valence-electron chi connectivity index (χ2n) is 2.60. The summed E-state index contributed by atoms with van der Waals surface area (Å²) >= 11 is 0. The zero-order chi connectivity index (χ0) is 10.4. The van der Waals surface area contributed by atoms with Crippen LogP contribution in [0, 0.1) is 0 Å². The number of ether oxygens (including phenoxy) is 1. The fraction of sp³-hybridized carbons (Fsp3) is 0.500. The molecule has 6 nitrogen and oxygen atoms in total. The van der Waals surface area contributed by atoms with Gasteiger partial charge in [-0.05, 0) is 6.92 Å². The summed E-state index contributed by atoms with van der Waals surface area (Å²) in [6.07, 6.45) is 1.35. The number of aromatic nitrogens is 2. The van der Waals surface area contributed by atoms with E-state index in [0.717, 1.165) is 0 Å². The van der Waals surface area contributed by atoms with Crippen molar-refractivity contribution in [3.63, 3.8) is 0 Å². The van der Waals surface area contributed by atoms with Crippen molar-refractivity contribution in [3.05, 3.63) is 6.20 Å². The highest BCUT2D eigenvalue weighted by Gasteiger charge is 2.00. The van der Waals surface area contributed by atoms with E-state index in [1.807, 2.05) is 6.92 Å². The second kappa shape index (κ2) is 5.23. The highest BCUT2D eigenvalue weighted by Crippen LogP contribution is 2.15. The lowest BCUT2D eigenvalue weighted by molar-refractivity contribution is 0.158. The van der Waals surface area contributed by atoms with Crippen molar-refractivity contribution in [2.75, 3.05) is 30.8 Å². The SMILES string of the molecule is CCOCCNc1ncc(N)c(O)n1. The highest BCUT2D eigenvalue weighted by atomic mass is 16.5. The van der Waals surface area contributed by atoms with E-state index >= 15 is 0 Å². The maximum absolute atomic E-state index is 9.16. The maximum atomic E-state index is 9.16. The Kier molecular flexibility index (Phi) is 3.93. The first-order chi connectivity index (χ1) is 6.74. The molecule has 0 amide bonds. The highest BCUT2D eigenvalue weighted by molar-refractivity contribution is 5.47. The second-order valence-corrected chi connectivity index (χ2v) is 2.60. The van der Waals surface area contributed by atoms with Crippen LogP contribution in [0.15, 0.2) is 6.20 Å². The Hall–Kier alpha value is -1.56. The van der Waals surface area contributed by atoms with Crippen molar-refractivity contribution >= 4 is 11.6 Å². The van der Waals surface area contributed by atoms with Crippen molar-refractivity contribution in [3.8, 4) is 5.88 Å². The number of anilines is 2. The summed E-state index contributed by atoms with van der Waals surface area (Å²) in [7, 11) is 0. The summed E-state index contributed by atoms with van der Waals surface area (Å²) in [5, 5.41) is 12.0. The van der Waals surface area contributed by atoms with Crippen molar-refractivity contribution in [2.24, 2.45) is 0 Å². The van der Waals surface area contributed by atoms with Gasteiger partial charge < -0.3 is 20.9 Å². The van der Waals surface area contributed by atoms with E-state index in [0.29, 0.717) is 25.7 Å². The Morgan fingerprint density at radius 3 is 3.07 bits per heavy atom. The minimum absolute atomic E-state index is 0.167. The van der Waals surface area contributed by atoms with Crippen LogP contribution in [0.4, 0.5) is 11.6 Å². The number of nitrogen functional groups attached to an aromatic ring is 1. The molecule has 0 aliphatic carbocycles. The smallest absolute Gasteiger partial charge is 0.239 e. The number of aromatic hydroxyl groups is 1. The van der Waals surface area contributed by atoms with Gasteiger partial charge >= 0.3 is 0 Å². The van der Waals surface area contributed by atoms with Crippen molar-refractivity contribution in [1.82, 2.24) is 9.97 Å². The average molecular weight is 198 g/mol. The molecule has 0 aromatic carbocycles. The Labute approximate surface area is 82.1 Å². The molecular weight excluding hydrogens is 184 g/mol. The van der Waals surface area contributed by atoms with Crippen LogP contribution in [0.5, 0.6) is 5.88 Å². The van der Waals surface area contributed by atoms with E-state index in [9.17, 15) is 0 Å². The molecule has 0 aliphatic rings. The molecule has 6 heteroatoms. The van der Waals surface area contributed by atoms with E-state index in [-0.39, 0.29) is 11.6 Å². The molecule has 0 atom stereocenters. The van der Waals surface area contributed by atoms with E-state index in [1.54, 1.807) is 0 Å². The average Bonchev–Trinajstić information content (AvgIpc) is 2.18. The van der Waals surface area contributed by atoms with Gasteiger partial charge in [0.25, 0.3) is 0 Å². The largest absolute Gasteiger partial charge is 0.492 e. The Morgan fingerprint density at radius 1 is 1.64 bits per heavy atom. The lowest BCUT2D eigenvalue weighted by Gasteiger charge is -2.05. The Balaban J connectivity index is 2.39. The van der Waals surface area contributed by atoms with Gasteiger partial charge in [0.2, 0.25) is 11.8 Å². The van der Waals surface area contributed by atoms with Gasteiger partial charge in [0, 0.05) is 13.2 Å². The van der Waals surface area contributed by atoms with Gasteiger partial charge in [-0.1, -0.05) is 0 Å². The molecule has 1 heterocycles. The van der Waals surface area contributed by atoms with Crippen LogP contribution in [0.2, 0.25) is 0 Å². The molecule has 0 radical (unpaired) electrons. The molecule has 78 valence electrons. The summed E-state index contributed by atoms with van der Waals surface area (Å²) in [6.45, 7) is 3.77. The molecule has 14 heavy (non-hydrogen) atoms. The van der Waals surface area contributed by atoms with Gasteiger partial charge in [-0.25, -0.2) is 4.98 Å². The minimum Gasteiger partial charge on any atom is -0.492 e. The molecule has 0 saturated carbocycles. The molecule has 0 saturated heterocycles. The topological polar surface area (TPSA) is 93.3 Å². The summed E-state index contributed by atoms with van der Waals surface area (Å²) in [5.74, 6) is 0.135. The van der Waals surface area contributed by atoms with Crippen molar-refractivity contribution < 1.29 is 9.84 Å². The van der Waals surface area contributed by atoms with E-state index < -0.39 is 0 Å². The van der Waals surface area contributed by atoms with Gasteiger partial charge in [0.1, 0.15) is 5.69 Å². The van der Waals surface area contributed by atoms with Crippen LogP contribution in [0.3, 0.4) is 0 Å². The standard InChI is InChI=1S/C8H14N4O2/c1-2-14-4-3-10-8-11-5-6(9)7(13)12-8/h5H,2-4,9H2,1H3,(H2,10,11,12,13). The predicted octanol–water partition coefficient (Wildman–Crippen LogP) is 0.213. The molecule has 1 rings (SSSR count). The third-order valence-corrected chi connectivity index (χ3v) is 1.53. The van der Waals surface area contributed by atoms with Crippen LogP contribution < -0.4 is 11.1 Å². The van der Waals surface area contributed by atoms with Crippen LogP contribution >= 0.6 is 0 Å². The number of rotatable bonds is 5. The predicted molar refractivity (Wildman–Crippen MR) is 53.1 cm³/mol. The summed E-state index contributed by atoms with van der Waals surface area (Å²) in [5.41, 5.74) is 5.50. The summed E-state index contributed by atoms with van der Waals surface area (Å²) < 4.78 is 5.10. The van der Waals surface area contributed by atoms with Crippen LogP contribution in [-0.2, 0) is 4.74 Å². The molecule has 0 aliphatic heterocycles. The lowest BCUT2D eigenvalue weighted by atomic mass is 10.5. The molecule has 4 N–H and O–H groups in total. The Bertz CT molecular complexity index is 293. The lowest BCUT2D eigenvalue weighted by Crippen LogP contribution is -2.11. The number of hydrogen-bond acceptors (Lipinski definition) is 6. The zero-order valence-electron chi connectivity index (χ0n) is 8.03. The van der Waals surface area contributed by atoms with Crippen LogP contribution in [0.1, 0.15) is 6.92 Å². The fourth-order valence-electron chi connectivity index (χ4n) is 0.847. The van der Waals surface area contributed by atoms with E-state index in [2.05, 4.69) is 15.3 Å². The van der Waals surface area contributed by atoms with Gasteiger partial charge in [0.05, 0.1) is 12.8 Å². The molecule has 0 fully saturated rings. The molecule has 0 spiro atoms. The monoisotopic (exact) mass is 198 g/mol. The normalized spacial score (nSPS) is 10.1. The molecule has 0 unspecified atom stereocenters. The number of nitrogens with two attached hydrogens (primary N) is 1. The van der Waals surface area contributed by atoms with Gasteiger partial charge in [-0.15, -0.1) is 0 Å². The molecule has 1 aromatic heterocycles. The van der Waals surface area contributed by atoms with Gasteiger partial charge in [-0.3, -0.25) is 0 Å². The van der Waals surface area contributed by atoms with E-state index in [1.165, 1.54) is 6.20 Å². The Morgan fingerprint density at radius 2 is 2.43 bits per heavy atom. The fourth-order valence-corrected chi connectivity index (χ4v) is 0.847. The first kappa shape index (κ1) is 10.5. The van der Waals surface area contributed by atoms with Crippen molar-refractivity contribution in [2.45, 2.75) is 6.92 Å². The van der Waals surface area contributed by atoms with Crippen LogP contribution in [-0.4, -0.2) is 34.8 Å². The van der Waals surface area contributed by atoms with Crippen molar-refractivity contribution in [1.29, 1.82) is 0 Å². The van der Waals surface area contributed by atoms with E-state index in [4.69, 9.17) is 15.6 Å². The minimum atomic E-state index is -0.209. The van der Waals surface area contributed by atoms with Crippen LogP contribution in [0.25, 0.3) is 0 Å². The third-order valence-electron chi connectivity index (χ3n) is 1.53. The zero-order valence-corrected chi connectivity index (χ0v) is 8.03. The first-order valence-corrected chi connectivity index (χ1v) is 4.37. The number of hydrogen-bond donors (Lipinski definition) is 3. The third kappa shape index (κ3) is 3.06. The molecular formula is C8H14N4O2. The molecule has 1 aromatic rings. The number of nitrogens with one attached hydrogen (secondary N) is 1. The first-order valence-electron chi connectivity index (χ1n) is 4.37. The van der Waals surface area contributed by atoms with Gasteiger partial charge in [-0.2, -0.15) is 4.98 Å². The maximum Gasteiger partial charge on any atom is 0.239 e. The van der Waals surface area contributed by atoms with Gasteiger partial charge in [0.15, 0.2) is 0 Å². The quantitative estimate of drug-likeness (QED) is 0.586. The molecule has 0 bridgehead atoms. The summed E-state index contributed by atoms with van der Waals surface area (Å²) in [6, 6.07) is 0.